The number of hydrogen-bond acceptors (Lipinski definition) is 7. The molecule has 1 fully saturated rings. The topological polar surface area (TPSA) is 91.4 Å². The Labute approximate surface area is 188 Å². The molecule has 0 unspecified atom stereocenters. The quantitative estimate of drug-likeness (QED) is 0.495. The molecule has 0 radical (unpaired) electrons. The van der Waals surface area contributed by atoms with E-state index >= 15 is 0 Å². The maximum atomic E-state index is 11.5. The first-order chi connectivity index (χ1) is 15.7. The average Bonchev–Trinajstić information content (AvgIpc) is 2.85. The smallest absolute Gasteiger partial charge is 0.224 e. The van der Waals surface area contributed by atoms with Gasteiger partial charge in [-0.25, -0.2) is 9.97 Å². The van der Waals surface area contributed by atoms with Crippen LogP contribution in [-0.2, 0) is 16.1 Å². The number of carbonyl (C=O) groups excluding carboxylic acids is 1. The van der Waals surface area contributed by atoms with Crippen molar-refractivity contribution < 1.29 is 9.53 Å². The van der Waals surface area contributed by atoms with E-state index in [-0.39, 0.29) is 5.91 Å². The SMILES string of the molecule is CCC(=O)Nc1ccc(CNc2cc(Nc3ccc(N4CCOCC4)cc3)ncn2)cc1. The van der Waals surface area contributed by atoms with Crippen molar-refractivity contribution in [1.82, 2.24) is 9.97 Å². The highest BCUT2D eigenvalue weighted by Crippen LogP contribution is 2.22. The predicted octanol–water partition coefficient (Wildman–Crippen LogP) is 4.02. The van der Waals surface area contributed by atoms with Crippen molar-refractivity contribution in [3.05, 3.63) is 66.5 Å². The monoisotopic (exact) mass is 432 g/mol. The van der Waals surface area contributed by atoms with E-state index < -0.39 is 0 Å². The first kappa shape index (κ1) is 21.6. The van der Waals surface area contributed by atoms with Gasteiger partial charge >= 0.3 is 0 Å². The third-order valence-corrected chi connectivity index (χ3v) is 5.22. The number of anilines is 5. The molecule has 0 bridgehead atoms. The summed E-state index contributed by atoms with van der Waals surface area (Å²) in [5, 5.41) is 9.49. The van der Waals surface area contributed by atoms with Crippen LogP contribution in [0.25, 0.3) is 0 Å². The number of benzene rings is 2. The van der Waals surface area contributed by atoms with E-state index in [9.17, 15) is 4.79 Å². The Morgan fingerprint density at radius 3 is 2.38 bits per heavy atom. The number of morpholine rings is 1. The molecule has 8 nitrogen and oxygen atoms in total. The Kier molecular flexibility index (Phi) is 7.14. The summed E-state index contributed by atoms with van der Waals surface area (Å²) in [7, 11) is 0. The zero-order valence-corrected chi connectivity index (χ0v) is 18.2. The summed E-state index contributed by atoms with van der Waals surface area (Å²) in [6.07, 6.45) is 2.00. The average molecular weight is 433 g/mol. The first-order valence-electron chi connectivity index (χ1n) is 10.8. The molecule has 1 saturated heterocycles. The van der Waals surface area contributed by atoms with E-state index in [0.29, 0.717) is 13.0 Å². The zero-order chi connectivity index (χ0) is 22.2. The first-order valence-corrected chi connectivity index (χ1v) is 10.8. The molecule has 4 rings (SSSR count). The molecular formula is C24H28N6O2. The second-order valence-electron chi connectivity index (χ2n) is 7.51. The van der Waals surface area contributed by atoms with Gasteiger partial charge in [-0.1, -0.05) is 19.1 Å². The highest BCUT2D eigenvalue weighted by atomic mass is 16.5. The van der Waals surface area contributed by atoms with Crippen molar-refractivity contribution in [3.63, 3.8) is 0 Å². The van der Waals surface area contributed by atoms with Crippen LogP contribution in [0.5, 0.6) is 0 Å². The van der Waals surface area contributed by atoms with Crippen LogP contribution < -0.4 is 20.9 Å². The molecule has 1 amide bonds. The van der Waals surface area contributed by atoms with E-state index in [4.69, 9.17) is 4.74 Å². The van der Waals surface area contributed by atoms with Crippen molar-refractivity contribution >= 4 is 34.6 Å². The molecule has 0 saturated carbocycles. The van der Waals surface area contributed by atoms with E-state index in [1.807, 2.05) is 37.3 Å². The fourth-order valence-corrected chi connectivity index (χ4v) is 3.40. The van der Waals surface area contributed by atoms with Crippen LogP contribution in [0.4, 0.5) is 28.7 Å². The maximum absolute atomic E-state index is 11.5. The van der Waals surface area contributed by atoms with Crippen LogP contribution in [0.1, 0.15) is 18.9 Å². The number of nitrogens with zero attached hydrogens (tertiary/aromatic N) is 3. The number of ether oxygens (including phenoxy) is 1. The molecule has 0 aliphatic carbocycles. The van der Waals surface area contributed by atoms with Crippen molar-refractivity contribution in [1.29, 1.82) is 0 Å². The second kappa shape index (κ2) is 10.6. The van der Waals surface area contributed by atoms with Gasteiger partial charge in [-0.05, 0) is 42.0 Å². The fraction of sp³-hybridized carbons (Fsp3) is 0.292. The molecule has 3 aromatic rings. The molecule has 3 N–H and O–H groups in total. The third-order valence-electron chi connectivity index (χ3n) is 5.22. The van der Waals surface area contributed by atoms with Gasteiger partial charge in [-0.15, -0.1) is 0 Å². The molecule has 1 aliphatic rings. The summed E-state index contributed by atoms with van der Waals surface area (Å²) in [5.74, 6) is 1.46. The van der Waals surface area contributed by atoms with Gasteiger partial charge in [0.2, 0.25) is 5.91 Å². The van der Waals surface area contributed by atoms with Gasteiger partial charge < -0.3 is 25.6 Å². The van der Waals surface area contributed by atoms with E-state index in [2.05, 4.69) is 55.1 Å². The Balaban J connectivity index is 1.32. The van der Waals surface area contributed by atoms with Crippen molar-refractivity contribution in [2.45, 2.75) is 19.9 Å². The number of hydrogen-bond donors (Lipinski definition) is 3. The highest BCUT2D eigenvalue weighted by molar-refractivity contribution is 5.90. The molecule has 1 aromatic heterocycles. The van der Waals surface area contributed by atoms with Crippen LogP contribution in [0, 0.1) is 0 Å². The lowest BCUT2D eigenvalue weighted by Gasteiger charge is -2.28. The summed E-state index contributed by atoms with van der Waals surface area (Å²) in [5.41, 5.74) is 4.06. The summed E-state index contributed by atoms with van der Waals surface area (Å²) >= 11 is 0. The number of rotatable bonds is 8. The van der Waals surface area contributed by atoms with Crippen molar-refractivity contribution in [2.75, 3.05) is 47.2 Å². The van der Waals surface area contributed by atoms with Gasteiger partial charge in [0.1, 0.15) is 18.0 Å². The maximum Gasteiger partial charge on any atom is 0.224 e. The van der Waals surface area contributed by atoms with E-state index in [0.717, 1.165) is 54.9 Å². The highest BCUT2D eigenvalue weighted by Gasteiger charge is 2.11. The fourth-order valence-electron chi connectivity index (χ4n) is 3.40. The van der Waals surface area contributed by atoms with Gasteiger partial charge in [-0.2, -0.15) is 0 Å². The normalized spacial score (nSPS) is 13.5. The summed E-state index contributed by atoms with van der Waals surface area (Å²) in [4.78, 5) is 22.4. The lowest BCUT2D eigenvalue weighted by Crippen LogP contribution is -2.36. The summed E-state index contributed by atoms with van der Waals surface area (Å²) in [6, 6.07) is 18.0. The van der Waals surface area contributed by atoms with Gasteiger partial charge in [0.25, 0.3) is 0 Å². The van der Waals surface area contributed by atoms with Crippen LogP contribution in [0.3, 0.4) is 0 Å². The molecule has 0 spiro atoms. The Hall–Kier alpha value is -3.65. The van der Waals surface area contributed by atoms with Gasteiger partial charge in [0, 0.05) is 49.2 Å². The second-order valence-corrected chi connectivity index (χ2v) is 7.51. The Morgan fingerprint density at radius 1 is 0.969 bits per heavy atom. The minimum absolute atomic E-state index is 0.00706. The van der Waals surface area contributed by atoms with Crippen LogP contribution in [0.2, 0.25) is 0 Å². The van der Waals surface area contributed by atoms with E-state index in [1.54, 1.807) is 0 Å². The van der Waals surface area contributed by atoms with Crippen LogP contribution in [-0.4, -0.2) is 42.2 Å². The molecule has 8 heteroatoms. The van der Waals surface area contributed by atoms with Crippen molar-refractivity contribution in [3.8, 4) is 0 Å². The predicted molar refractivity (Wildman–Crippen MR) is 127 cm³/mol. The third kappa shape index (κ3) is 5.95. The minimum atomic E-state index is 0.00706. The van der Waals surface area contributed by atoms with Gasteiger partial charge in [-0.3, -0.25) is 4.79 Å². The number of amides is 1. The number of aromatic nitrogens is 2. The van der Waals surface area contributed by atoms with Crippen LogP contribution in [0.15, 0.2) is 60.9 Å². The molecular weight excluding hydrogens is 404 g/mol. The summed E-state index contributed by atoms with van der Waals surface area (Å²) in [6.45, 7) is 5.84. The Morgan fingerprint density at radius 2 is 1.66 bits per heavy atom. The molecule has 2 aromatic carbocycles. The summed E-state index contributed by atoms with van der Waals surface area (Å²) < 4.78 is 5.42. The van der Waals surface area contributed by atoms with Gasteiger partial charge in [0.05, 0.1) is 13.2 Å². The van der Waals surface area contributed by atoms with Crippen molar-refractivity contribution in [2.24, 2.45) is 0 Å². The molecule has 32 heavy (non-hydrogen) atoms. The number of carbonyl (C=O) groups is 1. The molecule has 1 aliphatic heterocycles. The van der Waals surface area contributed by atoms with Gasteiger partial charge in [0.15, 0.2) is 0 Å². The Bertz CT molecular complexity index is 1020. The zero-order valence-electron chi connectivity index (χ0n) is 18.2. The number of nitrogens with one attached hydrogen (secondary N) is 3. The lowest BCUT2D eigenvalue weighted by atomic mass is 10.2. The molecule has 166 valence electrons. The van der Waals surface area contributed by atoms with Crippen LogP contribution >= 0.6 is 0 Å². The standard InChI is InChI=1S/C24H28N6O2/c1-2-24(31)29-20-5-3-18(4-6-20)16-25-22-15-23(27-17-26-22)28-19-7-9-21(10-8-19)30-11-13-32-14-12-30/h3-10,15,17H,2,11-14,16H2,1H3,(H,29,31)(H2,25,26,27,28). The minimum Gasteiger partial charge on any atom is -0.378 e. The largest absolute Gasteiger partial charge is 0.378 e. The lowest BCUT2D eigenvalue weighted by molar-refractivity contribution is -0.115. The molecule has 2 heterocycles. The molecule has 0 atom stereocenters. The van der Waals surface area contributed by atoms with E-state index in [1.165, 1.54) is 12.0 Å².